The maximum atomic E-state index is 13.0. The molecule has 2 aromatic heterocycles. The molecule has 0 saturated carbocycles. The largest absolute Gasteiger partial charge is 0.455 e. The Labute approximate surface area is 147 Å². The highest BCUT2D eigenvalue weighted by Gasteiger charge is 2.04. The van der Waals surface area contributed by atoms with Gasteiger partial charge < -0.3 is 8.98 Å². The lowest BCUT2D eigenvalue weighted by molar-refractivity contribution is 0.574. The van der Waals surface area contributed by atoms with Gasteiger partial charge in [-0.25, -0.2) is 4.39 Å². The third-order valence-electron chi connectivity index (χ3n) is 3.80. The summed E-state index contributed by atoms with van der Waals surface area (Å²) in [5, 5.41) is 8.40. The lowest BCUT2D eigenvalue weighted by Crippen LogP contribution is -2.08. The molecule has 4 aromatic rings. The SMILES string of the molecule is Cn1/c(=N/N=C/c2ccc(-c3ccc(F)cc3)o2)sc2ccccc21. The molecule has 0 spiro atoms. The summed E-state index contributed by atoms with van der Waals surface area (Å²) in [7, 11) is 1.96. The smallest absolute Gasteiger partial charge is 0.211 e. The van der Waals surface area contributed by atoms with Crippen LogP contribution in [0.4, 0.5) is 4.39 Å². The van der Waals surface area contributed by atoms with Crippen molar-refractivity contribution in [2.45, 2.75) is 0 Å². The average Bonchev–Trinajstić information content (AvgIpc) is 3.22. The van der Waals surface area contributed by atoms with Crippen LogP contribution in [0.3, 0.4) is 0 Å². The lowest BCUT2D eigenvalue weighted by Gasteiger charge is -1.95. The van der Waals surface area contributed by atoms with E-state index >= 15 is 0 Å². The van der Waals surface area contributed by atoms with Crippen molar-refractivity contribution in [3.63, 3.8) is 0 Å². The molecule has 124 valence electrons. The Morgan fingerprint density at radius 2 is 1.84 bits per heavy atom. The molecule has 0 unspecified atom stereocenters. The molecule has 0 amide bonds. The second-order valence-corrected chi connectivity index (χ2v) is 6.47. The molecule has 4 nitrogen and oxygen atoms in total. The first-order chi connectivity index (χ1) is 12.2. The molecule has 0 N–H and O–H groups in total. The molecular weight excluding hydrogens is 337 g/mol. The van der Waals surface area contributed by atoms with Gasteiger partial charge in [-0.15, -0.1) is 5.10 Å². The normalized spacial score (nSPS) is 12.5. The van der Waals surface area contributed by atoms with E-state index in [1.54, 1.807) is 29.7 Å². The minimum absolute atomic E-state index is 0.271. The van der Waals surface area contributed by atoms with Crippen molar-refractivity contribution in [3.8, 4) is 11.3 Å². The molecule has 0 bridgehead atoms. The highest BCUT2D eigenvalue weighted by Crippen LogP contribution is 2.21. The van der Waals surface area contributed by atoms with E-state index in [0.29, 0.717) is 11.5 Å². The van der Waals surface area contributed by atoms with Gasteiger partial charge in [-0.2, -0.15) is 5.10 Å². The molecule has 0 saturated heterocycles. The number of furan rings is 1. The van der Waals surface area contributed by atoms with Gasteiger partial charge in [-0.3, -0.25) is 0 Å². The third-order valence-corrected chi connectivity index (χ3v) is 4.90. The predicted molar refractivity (Wildman–Crippen MR) is 98.1 cm³/mol. The van der Waals surface area contributed by atoms with E-state index in [1.165, 1.54) is 12.1 Å². The van der Waals surface area contributed by atoms with Gasteiger partial charge in [0.25, 0.3) is 0 Å². The molecule has 2 aromatic carbocycles. The minimum Gasteiger partial charge on any atom is -0.455 e. The van der Waals surface area contributed by atoms with Crippen LogP contribution in [-0.2, 0) is 7.05 Å². The summed E-state index contributed by atoms with van der Waals surface area (Å²) in [4.78, 5) is 0.808. The van der Waals surface area contributed by atoms with E-state index in [9.17, 15) is 4.39 Å². The molecule has 6 heteroatoms. The summed E-state index contributed by atoms with van der Waals surface area (Å²) in [5.41, 5.74) is 1.94. The van der Waals surface area contributed by atoms with E-state index in [-0.39, 0.29) is 5.82 Å². The van der Waals surface area contributed by atoms with Crippen LogP contribution in [0.2, 0.25) is 0 Å². The Hall–Kier alpha value is -2.99. The van der Waals surface area contributed by atoms with Crippen LogP contribution in [0.1, 0.15) is 5.76 Å². The second kappa shape index (κ2) is 6.49. The van der Waals surface area contributed by atoms with Crippen LogP contribution < -0.4 is 4.80 Å². The van der Waals surface area contributed by atoms with E-state index in [4.69, 9.17) is 4.42 Å². The Bertz CT molecular complexity index is 1120. The maximum absolute atomic E-state index is 13.0. The number of nitrogens with zero attached hydrogens (tertiary/aromatic N) is 3. The molecule has 0 aliphatic rings. The number of para-hydroxylation sites is 1. The lowest BCUT2D eigenvalue weighted by atomic mass is 10.2. The fraction of sp³-hybridized carbons (Fsp3) is 0.0526. The molecule has 0 fully saturated rings. The number of rotatable bonds is 3. The first-order valence-corrected chi connectivity index (χ1v) is 8.50. The van der Waals surface area contributed by atoms with Gasteiger partial charge in [0.05, 0.1) is 16.4 Å². The number of thiazole rings is 1. The number of hydrogen-bond donors (Lipinski definition) is 0. The monoisotopic (exact) mass is 351 g/mol. The summed E-state index contributed by atoms with van der Waals surface area (Å²) in [6, 6.07) is 17.9. The van der Waals surface area contributed by atoms with Gasteiger partial charge in [0, 0.05) is 12.6 Å². The first kappa shape index (κ1) is 15.5. The zero-order chi connectivity index (χ0) is 17.2. The van der Waals surface area contributed by atoms with Crippen LogP contribution >= 0.6 is 11.3 Å². The van der Waals surface area contributed by atoms with Gasteiger partial charge in [-0.05, 0) is 48.5 Å². The molecule has 0 atom stereocenters. The molecule has 4 rings (SSSR count). The summed E-state index contributed by atoms with van der Waals surface area (Å²) < 4.78 is 21.8. The van der Waals surface area contributed by atoms with Crippen molar-refractivity contribution < 1.29 is 8.81 Å². The maximum Gasteiger partial charge on any atom is 0.211 e. The van der Waals surface area contributed by atoms with E-state index in [2.05, 4.69) is 22.3 Å². The summed E-state index contributed by atoms with van der Waals surface area (Å²) in [5.74, 6) is 0.979. The Morgan fingerprint density at radius 1 is 1.04 bits per heavy atom. The highest BCUT2D eigenvalue weighted by molar-refractivity contribution is 7.16. The zero-order valence-electron chi connectivity index (χ0n) is 13.4. The van der Waals surface area contributed by atoms with Crippen molar-refractivity contribution in [3.05, 3.63) is 77.0 Å². The van der Waals surface area contributed by atoms with Crippen LogP contribution in [-0.4, -0.2) is 10.8 Å². The highest BCUT2D eigenvalue weighted by atomic mass is 32.1. The van der Waals surface area contributed by atoms with Crippen molar-refractivity contribution in [1.29, 1.82) is 0 Å². The zero-order valence-corrected chi connectivity index (χ0v) is 14.2. The Kier molecular flexibility index (Phi) is 4.03. The van der Waals surface area contributed by atoms with Crippen LogP contribution in [0.25, 0.3) is 21.5 Å². The molecule has 0 aliphatic heterocycles. The minimum atomic E-state index is -0.271. The number of aromatic nitrogens is 1. The molecule has 0 radical (unpaired) electrons. The fourth-order valence-corrected chi connectivity index (χ4v) is 3.48. The Balaban J connectivity index is 1.59. The van der Waals surface area contributed by atoms with Crippen molar-refractivity contribution in [1.82, 2.24) is 4.57 Å². The van der Waals surface area contributed by atoms with Crippen LogP contribution in [0.15, 0.2) is 75.3 Å². The van der Waals surface area contributed by atoms with E-state index < -0.39 is 0 Å². The quantitative estimate of drug-likeness (QED) is 0.394. The first-order valence-electron chi connectivity index (χ1n) is 7.68. The fourth-order valence-electron chi connectivity index (χ4n) is 2.50. The summed E-state index contributed by atoms with van der Waals surface area (Å²) in [6.07, 6.45) is 1.57. The van der Waals surface area contributed by atoms with Crippen LogP contribution in [0.5, 0.6) is 0 Å². The molecule has 2 heterocycles. The van der Waals surface area contributed by atoms with Gasteiger partial charge in [0.15, 0.2) is 0 Å². The van der Waals surface area contributed by atoms with Gasteiger partial charge in [-0.1, -0.05) is 23.5 Å². The topological polar surface area (TPSA) is 42.8 Å². The van der Waals surface area contributed by atoms with Crippen molar-refractivity contribution in [2.24, 2.45) is 17.3 Å². The third kappa shape index (κ3) is 3.16. The van der Waals surface area contributed by atoms with Crippen molar-refractivity contribution in [2.75, 3.05) is 0 Å². The van der Waals surface area contributed by atoms with E-state index in [1.807, 2.05) is 35.9 Å². The summed E-state index contributed by atoms with van der Waals surface area (Å²) in [6.45, 7) is 0. The summed E-state index contributed by atoms with van der Waals surface area (Å²) >= 11 is 1.58. The number of hydrogen-bond acceptors (Lipinski definition) is 4. The predicted octanol–water partition coefficient (Wildman–Crippen LogP) is 4.57. The van der Waals surface area contributed by atoms with Crippen molar-refractivity contribution >= 4 is 27.8 Å². The van der Waals surface area contributed by atoms with Crippen LogP contribution in [0, 0.1) is 5.82 Å². The number of benzene rings is 2. The standard InChI is InChI=1S/C19H14FN3OS/c1-23-16-4-2-3-5-18(16)25-19(23)22-21-12-15-10-11-17(24-15)13-6-8-14(20)9-7-13/h2-12H,1H3/b21-12+,22-19-. The average molecular weight is 351 g/mol. The number of aryl methyl sites for hydroxylation is 1. The second-order valence-electron chi connectivity index (χ2n) is 5.46. The van der Waals surface area contributed by atoms with E-state index in [0.717, 1.165) is 20.6 Å². The number of fused-ring (bicyclic) bond motifs is 1. The molecular formula is C19H14FN3OS. The number of halogens is 1. The molecule has 25 heavy (non-hydrogen) atoms. The van der Waals surface area contributed by atoms with Gasteiger partial charge in [0.1, 0.15) is 17.3 Å². The van der Waals surface area contributed by atoms with Gasteiger partial charge >= 0.3 is 0 Å². The van der Waals surface area contributed by atoms with Gasteiger partial charge in [0.2, 0.25) is 4.80 Å². The molecule has 0 aliphatic carbocycles. The Morgan fingerprint density at radius 3 is 2.64 bits per heavy atom.